The second-order valence-electron chi connectivity index (χ2n) is 3.49. The summed E-state index contributed by atoms with van der Waals surface area (Å²) >= 11 is 0. The van der Waals surface area contributed by atoms with Gasteiger partial charge in [0.25, 0.3) is 0 Å². The van der Waals surface area contributed by atoms with Crippen molar-refractivity contribution in [3.63, 3.8) is 0 Å². The van der Waals surface area contributed by atoms with E-state index >= 15 is 0 Å². The molecule has 0 aliphatic carbocycles. The lowest BCUT2D eigenvalue weighted by Crippen LogP contribution is -2.10. The third kappa shape index (κ3) is 2.51. The molecule has 0 saturated carbocycles. The number of pyridine rings is 1. The number of hydrogen-bond acceptors (Lipinski definition) is 6. The van der Waals surface area contributed by atoms with Crippen LogP contribution >= 0.6 is 0 Å². The molecule has 7 nitrogen and oxygen atoms in total. The van der Waals surface area contributed by atoms with Gasteiger partial charge in [-0.2, -0.15) is 10.2 Å². The number of nitrogens with two attached hydrogens (primary N) is 1. The van der Waals surface area contributed by atoms with Crippen molar-refractivity contribution < 1.29 is 9.90 Å². The minimum atomic E-state index is -1.09. The van der Waals surface area contributed by atoms with Gasteiger partial charge in [-0.3, -0.25) is 0 Å². The van der Waals surface area contributed by atoms with Crippen molar-refractivity contribution in [3.05, 3.63) is 41.9 Å². The fourth-order valence-electron chi connectivity index (χ4n) is 1.40. The second kappa shape index (κ2) is 5.09. The maximum Gasteiger partial charge on any atom is 0.337 e. The summed E-state index contributed by atoms with van der Waals surface area (Å²) in [5.41, 5.74) is 6.54. The van der Waals surface area contributed by atoms with Gasteiger partial charge in [-0.1, -0.05) is 0 Å². The van der Waals surface area contributed by atoms with Crippen molar-refractivity contribution in [1.82, 2.24) is 15.2 Å². The van der Waals surface area contributed by atoms with Gasteiger partial charge in [0.2, 0.25) is 0 Å². The van der Waals surface area contributed by atoms with Gasteiger partial charge in [0, 0.05) is 12.4 Å². The summed E-state index contributed by atoms with van der Waals surface area (Å²) in [7, 11) is 0. The SMILES string of the molecule is Nc1c(C(=O)O)ccnc1NCc1cccnn1. The van der Waals surface area contributed by atoms with Gasteiger partial charge in [0.1, 0.15) is 5.82 Å². The highest BCUT2D eigenvalue weighted by atomic mass is 16.4. The van der Waals surface area contributed by atoms with E-state index in [1.165, 1.54) is 12.3 Å². The number of aromatic nitrogens is 3. The maximum atomic E-state index is 10.9. The van der Waals surface area contributed by atoms with E-state index in [-0.39, 0.29) is 11.3 Å². The van der Waals surface area contributed by atoms with Gasteiger partial charge in [0.05, 0.1) is 23.5 Å². The molecule has 2 aromatic heterocycles. The Bertz CT molecular complexity index is 559. The molecule has 0 aromatic carbocycles. The van der Waals surface area contributed by atoms with E-state index in [9.17, 15) is 4.79 Å². The first kappa shape index (κ1) is 11.8. The largest absolute Gasteiger partial charge is 0.478 e. The average molecular weight is 245 g/mol. The second-order valence-corrected chi connectivity index (χ2v) is 3.49. The standard InChI is InChI=1S/C11H11N5O2/c12-9-8(11(17)18)3-5-13-10(9)14-6-7-2-1-4-15-16-7/h1-5H,6,12H2,(H,13,14)(H,17,18). The summed E-state index contributed by atoms with van der Waals surface area (Å²) in [5.74, 6) is -0.766. The molecule has 0 atom stereocenters. The zero-order valence-electron chi connectivity index (χ0n) is 9.37. The van der Waals surface area contributed by atoms with Crippen LogP contribution in [0.1, 0.15) is 16.1 Å². The summed E-state index contributed by atoms with van der Waals surface area (Å²) in [4.78, 5) is 14.9. The quantitative estimate of drug-likeness (QED) is 0.728. The van der Waals surface area contributed by atoms with Crippen LogP contribution < -0.4 is 11.1 Å². The van der Waals surface area contributed by atoms with Crippen molar-refractivity contribution in [1.29, 1.82) is 0 Å². The highest BCUT2D eigenvalue weighted by molar-refractivity contribution is 5.96. The molecule has 0 fully saturated rings. The summed E-state index contributed by atoms with van der Waals surface area (Å²) in [6.07, 6.45) is 2.96. The minimum absolute atomic E-state index is 0.0200. The summed E-state index contributed by atoms with van der Waals surface area (Å²) in [5, 5.41) is 19.5. The predicted molar refractivity (Wildman–Crippen MR) is 65.0 cm³/mol. The number of anilines is 2. The first-order valence-corrected chi connectivity index (χ1v) is 5.16. The normalized spacial score (nSPS) is 10.0. The number of nitrogens with one attached hydrogen (secondary N) is 1. The number of carboxylic acid groups (broad SMARTS) is 1. The van der Waals surface area contributed by atoms with Gasteiger partial charge < -0.3 is 16.2 Å². The van der Waals surface area contributed by atoms with Gasteiger partial charge >= 0.3 is 5.97 Å². The van der Waals surface area contributed by atoms with E-state index in [1.807, 2.05) is 0 Å². The average Bonchev–Trinajstić information content (AvgIpc) is 2.38. The molecule has 2 heterocycles. The predicted octanol–water partition coefficient (Wildman–Crippen LogP) is 0.764. The Kier molecular flexibility index (Phi) is 3.33. The highest BCUT2D eigenvalue weighted by Crippen LogP contribution is 2.20. The number of carboxylic acids is 1. The first-order valence-electron chi connectivity index (χ1n) is 5.16. The fraction of sp³-hybridized carbons (Fsp3) is 0.0909. The Morgan fingerprint density at radius 3 is 2.89 bits per heavy atom. The number of nitrogen functional groups attached to an aromatic ring is 1. The molecule has 0 amide bonds. The topological polar surface area (TPSA) is 114 Å². The number of hydrogen-bond donors (Lipinski definition) is 3. The van der Waals surface area contributed by atoms with Crippen molar-refractivity contribution >= 4 is 17.5 Å². The summed E-state index contributed by atoms with van der Waals surface area (Å²) < 4.78 is 0. The molecule has 0 bridgehead atoms. The van der Waals surface area contributed by atoms with Gasteiger partial charge in [-0.25, -0.2) is 9.78 Å². The van der Waals surface area contributed by atoms with E-state index in [0.29, 0.717) is 18.1 Å². The van der Waals surface area contributed by atoms with Crippen LogP contribution in [-0.4, -0.2) is 26.3 Å². The van der Waals surface area contributed by atoms with Crippen LogP contribution in [0.4, 0.5) is 11.5 Å². The van der Waals surface area contributed by atoms with Crippen LogP contribution in [0.3, 0.4) is 0 Å². The van der Waals surface area contributed by atoms with Crippen LogP contribution in [0.25, 0.3) is 0 Å². The van der Waals surface area contributed by atoms with Gasteiger partial charge in [-0.05, 0) is 18.2 Å². The molecule has 0 aliphatic rings. The lowest BCUT2D eigenvalue weighted by Gasteiger charge is -2.09. The van der Waals surface area contributed by atoms with E-state index in [0.717, 1.165) is 0 Å². The Labute approximate surface area is 103 Å². The zero-order valence-corrected chi connectivity index (χ0v) is 9.37. The van der Waals surface area contributed by atoms with E-state index < -0.39 is 5.97 Å². The zero-order chi connectivity index (χ0) is 13.0. The molecule has 7 heteroatoms. The van der Waals surface area contributed by atoms with E-state index in [1.54, 1.807) is 18.3 Å². The smallest absolute Gasteiger partial charge is 0.337 e. The van der Waals surface area contributed by atoms with E-state index in [4.69, 9.17) is 10.8 Å². The third-order valence-corrected chi connectivity index (χ3v) is 2.29. The lowest BCUT2D eigenvalue weighted by atomic mass is 10.2. The lowest BCUT2D eigenvalue weighted by molar-refractivity contribution is 0.0698. The van der Waals surface area contributed by atoms with Crippen molar-refractivity contribution in [2.45, 2.75) is 6.54 Å². The molecule has 0 unspecified atom stereocenters. The summed E-state index contributed by atoms with van der Waals surface area (Å²) in [6, 6.07) is 4.90. The number of nitrogens with zero attached hydrogens (tertiary/aromatic N) is 3. The fourth-order valence-corrected chi connectivity index (χ4v) is 1.40. The summed E-state index contributed by atoms with van der Waals surface area (Å²) in [6.45, 7) is 0.369. The number of aromatic carboxylic acids is 1. The molecule has 0 spiro atoms. The van der Waals surface area contributed by atoms with Crippen LogP contribution in [0, 0.1) is 0 Å². The monoisotopic (exact) mass is 245 g/mol. The Balaban J connectivity index is 2.15. The van der Waals surface area contributed by atoms with Crippen molar-refractivity contribution in [2.75, 3.05) is 11.1 Å². The molecule has 4 N–H and O–H groups in total. The van der Waals surface area contributed by atoms with Gasteiger partial charge in [-0.15, -0.1) is 0 Å². The highest BCUT2D eigenvalue weighted by Gasteiger charge is 2.11. The van der Waals surface area contributed by atoms with Crippen LogP contribution in [0.15, 0.2) is 30.6 Å². The molecule has 0 radical (unpaired) electrons. The van der Waals surface area contributed by atoms with Crippen LogP contribution in [-0.2, 0) is 6.54 Å². The molecule has 0 aliphatic heterocycles. The Morgan fingerprint density at radius 1 is 1.39 bits per heavy atom. The third-order valence-electron chi connectivity index (χ3n) is 2.29. The first-order chi connectivity index (χ1) is 8.68. The molecule has 2 aromatic rings. The molecule has 92 valence electrons. The van der Waals surface area contributed by atoms with Gasteiger partial charge in [0.15, 0.2) is 0 Å². The molecule has 18 heavy (non-hydrogen) atoms. The van der Waals surface area contributed by atoms with Crippen molar-refractivity contribution in [2.24, 2.45) is 0 Å². The van der Waals surface area contributed by atoms with Crippen LogP contribution in [0.2, 0.25) is 0 Å². The Morgan fingerprint density at radius 2 is 2.22 bits per heavy atom. The van der Waals surface area contributed by atoms with E-state index in [2.05, 4.69) is 20.5 Å². The molecule has 0 saturated heterocycles. The number of carbonyl (C=O) groups is 1. The van der Waals surface area contributed by atoms with Crippen LogP contribution in [0.5, 0.6) is 0 Å². The minimum Gasteiger partial charge on any atom is -0.478 e. The number of rotatable bonds is 4. The Hall–Kier alpha value is -2.70. The molecular formula is C11H11N5O2. The molecule has 2 rings (SSSR count). The van der Waals surface area contributed by atoms with Crippen molar-refractivity contribution in [3.8, 4) is 0 Å². The molecular weight excluding hydrogens is 234 g/mol. The maximum absolute atomic E-state index is 10.9.